The fraction of sp³-hybridized carbons (Fsp3) is 0.0500. The van der Waals surface area contributed by atoms with Gasteiger partial charge in [-0.15, -0.1) is 0 Å². The maximum Gasteiger partial charge on any atom is 0.148 e. The summed E-state index contributed by atoms with van der Waals surface area (Å²) in [6.07, 6.45) is 4.55. The van der Waals surface area contributed by atoms with Crippen LogP contribution < -0.4 is 0 Å². The van der Waals surface area contributed by atoms with Gasteiger partial charge in [-0.25, -0.2) is 9.97 Å². The molecule has 1 aliphatic rings. The standard InChI is InChI=1S/C20H12N4/c1-2-6-13-12(5-1)11-16-18(13)24-19-14(7-4-10-22-19)17-15(20(24)23-16)8-3-9-21-17/h1-10H,11H2. The number of nitrogens with zero attached hydrogens (tertiary/aromatic N) is 4. The zero-order chi connectivity index (χ0) is 15.7. The molecule has 0 amide bonds. The molecule has 0 aliphatic heterocycles. The summed E-state index contributed by atoms with van der Waals surface area (Å²) in [6.45, 7) is 0. The van der Waals surface area contributed by atoms with E-state index in [4.69, 9.17) is 4.98 Å². The van der Waals surface area contributed by atoms with Crippen molar-refractivity contribution >= 4 is 27.6 Å². The van der Waals surface area contributed by atoms with E-state index >= 15 is 0 Å². The van der Waals surface area contributed by atoms with E-state index in [2.05, 4.69) is 50.8 Å². The third-order valence-corrected chi connectivity index (χ3v) is 4.88. The highest BCUT2D eigenvalue weighted by Gasteiger charge is 2.26. The molecule has 0 atom stereocenters. The van der Waals surface area contributed by atoms with Gasteiger partial charge in [0.15, 0.2) is 0 Å². The van der Waals surface area contributed by atoms with E-state index in [9.17, 15) is 0 Å². The van der Waals surface area contributed by atoms with Gasteiger partial charge in [-0.3, -0.25) is 9.38 Å². The first-order valence-corrected chi connectivity index (χ1v) is 8.03. The van der Waals surface area contributed by atoms with Gasteiger partial charge in [-0.05, 0) is 29.8 Å². The highest BCUT2D eigenvalue weighted by atomic mass is 15.1. The zero-order valence-corrected chi connectivity index (χ0v) is 12.8. The van der Waals surface area contributed by atoms with Gasteiger partial charge in [0, 0.05) is 35.2 Å². The largest absolute Gasteiger partial charge is 0.275 e. The summed E-state index contributed by atoms with van der Waals surface area (Å²) in [6, 6.07) is 16.7. The number of imidazole rings is 1. The van der Waals surface area contributed by atoms with E-state index in [1.807, 2.05) is 24.5 Å². The van der Waals surface area contributed by atoms with E-state index in [-0.39, 0.29) is 0 Å². The average Bonchev–Trinajstić information content (AvgIpc) is 3.18. The fourth-order valence-corrected chi connectivity index (χ4v) is 3.90. The molecule has 4 heterocycles. The maximum absolute atomic E-state index is 4.97. The first-order valence-electron chi connectivity index (χ1n) is 8.03. The van der Waals surface area contributed by atoms with Crippen molar-refractivity contribution in [3.63, 3.8) is 0 Å². The molecule has 4 aromatic heterocycles. The normalized spacial score (nSPS) is 12.8. The Labute approximate surface area is 137 Å². The second kappa shape index (κ2) is 4.17. The molecule has 1 aliphatic carbocycles. The summed E-state index contributed by atoms with van der Waals surface area (Å²) in [5.41, 5.74) is 7.72. The molecule has 4 heteroatoms. The number of hydrogen-bond donors (Lipinski definition) is 0. The Morgan fingerprint density at radius 1 is 0.792 bits per heavy atom. The molecule has 0 fully saturated rings. The van der Waals surface area contributed by atoms with Gasteiger partial charge < -0.3 is 0 Å². The lowest BCUT2D eigenvalue weighted by atomic mass is 10.1. The van der Waals surface area contributed by atoms with Crippen molar-refractivity contribution in [1.29, 1.82) is 0 Å². The summed E-state index contributed by atoms with van der Waals surface area (Å²) < 4.78 is 2.21. The van der Waals surface area contributed by atoms with Crippen LogP contribution in [0.5, 0.6) is 0 Å². The van der Waals surface area contributed by atoms with Crippen LogP contribution in [0.2, 0.25) is 0 Å². The predicted octanol–water partition coefficient (Wildman–Crippen LogP) is 4.00. The number of pyridine rings is 3. The molecule has 5 aromatic rings. The van der Waals surface area contributed by atoms with E-state index < -0.39 is 0 Å². The highest BCUT2D eigenvalue weighted by molar-refractivity contribution is 6.09. The van der Waals surface area contributed by atoms with Crippen molar-refractivity contribution < 1.29 is 0 Å². The molecular weight excluding hydrogens is 296 g/mol. The zero-order valence-electron chi connectivity index (χ0n) is 12.8. The van der Waals surface area contributed by atoms with Gasteiger partial charge in [-0.2, -0.15) is 0 Å². The van der Waals surface area contributed by atoms with Crippen molar-refractivity contribution in [3.05, 3.63) is 72.2 Å². The predicted molar refractivity (Wildman–Crippen MR) is 94.0 cm³/mol. The molecule has 0 saturated carbocycles. The van der Waals surface area contributed by atoms with Crippen LogP contribution in [0, 0.1) is 0 Å². The monoisotopic (exact) mass is 308 g/mol. The minimum absolute atomic E-state index is 0.878. The van der Waals surface area contributed by atoms with Gasteiger partial charge in [-0.1, -0.05) is 24.3 Å². The summed E-state index contributed by atoms with van der Waals surface area (Å²) >= 11 is 0. The number of hydrogen-bond acceptors (Lipinski definition) is 3. The Kier molecular flexibility index (Phi) is 2.12. The molecular formula is C20H12N4. The Bertz CT molecular complexity index is 1280. The lowest BCUT2D eigenvalue weighted by Gasteiger charge is -2.09. The minimum Gasteiger partial charge on any atom is -0.275 e. The van der Waals surface area contributed by atoms with Crippen LogP contribution >= 0.6 is 0 Å². The lowest BCUT2D eigenvalue weighted by molar-refractivity contribution is 1.16. The Balaban J connectivity index is 1.93. The SMILES string of the molecule is c1ccc2c(c1)Cc1nc3c4cccnc4c4cccnc4n3c1-2. The van der Waals surface area contributed by atoms with Crippen LogP contribution in [0.15, 0.2) is 60.9 Å². The molecule has 112 valence electrons. The average molecular weight is 308 g/mol. The van der Waals surface area contributed by atoms with Gasteiger partial charge in [0.2, 0.25) is 0 Å². The van der Waals surface area contributed by atoms with E-state index in [1.54, 1.807) is 0 Å². The smallest absolute Gasteiger partial charge is 0.148 e. The van der Waals surface area contributed by atoms with Gasteiger partial charge in [0.05, 0.1) is 16.9 Å². The Morgan fingerprint density at radius 3 is 2.50 bits per heavy atom. The van der Waals surface area contributed by atoms with Crippen LogP contribution in [0.4, 0.5) is 0 Å². The molecule has 0 N–H and O–H groups in total. The second-order valence-corrected chi connectivity index (χ2v) is 6.17. The molecule has 4 nitrogen and oxygen atoms in total. The summed E-state index contributed by atoms with van der Waals surface area (Å²) in [5, 5.41) is 2.13. The third-order valence-electron chi connectivity index (χ3n) is 4.88. The van der Waals surface area contributed by atoms with Gasteiger partial charge in [0.1, 0.15) is 11.3 Å². The quantitative estimate of drug-likeness (QED) is 0.398. The number of rotatable bonds is 0. The van der Waals surface area contributed by atoms with Crippen LogP contribution in [-0.2, 0) is 6.42 Å². The first kappa shape index (κ1) is 12.2. The number of benzene rings is 1. The van der Waals surface area contributed by atoms with Gasteiger partial charge in [0.25, 0.3) is 0 Å². The fourth-order valence-electron chi connectivity index (χ4n) is 3.90. The van der Waals surface area contributed by atoms with E-state index in [1.165, 1.54) is 16.8 Å². The summed E-state index contributed by atoms with van der Waals surface area (Å²) in [5.74, 6) is 0. The third kappa shape index (κ3) is 1.36. The molecule has 1 aromatic carbocycles. The molecule has 0 bridgehead atoms. The van der Waals surface area contributed by atoms with Gasteiger partial charge >= 0.3 is 0 Å². The number of aromatic nitrogens is 4. The van der Waals surface area contributed by atoms with Crippen molar-refractivity contribution in [3.8, 4) is 11.3 Å². The first-order chi connectivity index (χ1) is 11.9. The van der Waals surface area contributed by atoms with Crippen LogP contribution in [-0.4, -0.2) is 19.4 Å². The van der Waals surface area contributed by atoms with Crippen molar-refractivity contribution in [2.24, 2.45) is 0 Å². The second-order valence-electron chi connectivity index (χ2n) is 6.17. The Morgan fingerprint density at radius 2 is 1.58 bits per heavy atom. The molecule has 0 spiro atoms. The highest BCUT2D eigenvalue weighted by Crippen LogP contribution is 2.39. The number of fused-ring (bicyclic) bond motifs is 10. The molecule has 24 heavy (non-hydrogen) atoms. The molecule has 0 unspecified atom stereocenters. The summed E-state index contributed by atoms with van der Waals surface area (Å²) in [7, 11) is 0. The Hall–Kier alpha value is -3.27. The minimum atomic E-state index is 0.878. The van der Waals surface area contributed by atoms with Crippen LogP contribution in [0.3, 0.4) is 0 Å². The van der Waals surface area contributed by atoms with Crippen molar-refractivity contribution in [2.75, 3.05) is 0 Å². The van der Waals surface area contributed by atoms with E-state index in [0.717, 1.165) is 39.7 Å². The molecule has 0 saturated heterocycles. The van der Waals surface area contributed by atoms with Crippen LogP contribution in [0.25, 0.3) is 38.8 Å². The molecule has 6 rings (SSSR count). The van der Waals surface area contributed by atoms with Crippen molar-refractivity contribution in [1.82, 2.24) is 19.4 Å². The summed E-state index contributed by atoms with van der Waals surface area (Å²) in [4.78, 5) is 14.2. The maximum atomic E-state index is 4.97. The molecule has 0 radical (unpaired) electrons. The van der Waals surface area contributed by atoms with Crippen molar-refractivity contribution in [2.45, 2.75) is 6.42 Å². The van der Waals surface area contributed by atoms with Crippen LogP contribution in [0.1, 0.15) is 11.3 Å². The lowest BCUT2D eigenvalue weighted by Crippen LogP contribution is -1.96. The van der Waals surface area contributed by atoms with E-state index in [0.29, 0.717) is 0 Å². The topological polar surface area (TPSA) is 43.1 Å².